The molecule has 2 N–H and O–H groups in total. The molecule has 0 fully saturated rings. The molecule has 138 valence electrons. The Labute approximate surface area is 142 Å². The molecule has 0 heterocycles. The van der Waals surface area contributed by atoms with Gasteiger partial charge in [-0.05, 0) is 24.3 Å². The van der Waals surface area contributed by atoms with Crippen LogP contribution in [-0.2, 0) is 0 Å². The van der Waals surface area contributed by atoms with Crippen molar-refractivity contribution in [3.8, 4) is 0 Å². The van der Waals surface area contributed by atoms with Crippen LogP contribution in [0.2, 0.25) is 0 Å². The summed E-state index contributed by atoms with van der Waals surface area (Å²) in [5.74, 6) is 0. The molecule has 0 saturated heterocycles. The smallest absolute Gasteiger partial charge is 0.323 e. The standard InChI is InChI=1S/C15H16N2O.2C2H6.CH3.Cf/c1-3-5-7-10-13(4-2)16-15(18)17-14-11-8-6-9-12-14;2*1-2;;/h3-12H,1-2H2,(H2,16,17,18);2*1-2H3;1H3;/q;;;-1;/b7-5-,13-10+;;;;. The van der Waals surface area contributed by atoms with Gasteiger partial charge in [-0.1, -0.05) is 77.3 Å². The van der Waals surface area contributed by atoms with Crippen molar-refractivity contribution in [2.45, 2.75) is 27.7 Å². The Morgan fingerprint density at radius 2 is 1.54 bits per heavy atom. The predicted octanol–water partition coefficient (Wildman–Crippen LogP) is 6.12. The summed E-state index contributed by atoms with van der Waals surface area (Å²) in [4.78, 5) is 11.7. The number of urea groups is 1. The largest absolute Gasteiger partial charge is 0.358 e. The van der Waals surface area contributed by atoms with E-state index in [9.17, 15) is 4.79 Å². The summed E-state index contributed by atoms with van der Waals surface area (Å²) in [5, 5.41) is 5.40. The summed E-state index contributed by atoms with van der Waals surface area (Å²) in [5.41, 5.74) is 1.35. The van der Waals surface area contributed by atoms with E-state index in [0.29, 0.717) is 5.70 Å². The number of rotatable bonds is 5. The van der Waals surface area contributed by atoms with Gasteiger partial charge in [0.1, 0.15) is 0 Å². The molecule has 1 aromatic rings. The molecule has 0 aliphatic carbocycles. The second-order valence-electron chi connectivity index (χ2n) is 3.39. The SMILES string of the molecule is C=C/C=C\C=C(/C=C)NC(=O)Nc1ccccc1.CC.CC.[CH3-].[Cf]. The van der Waals surface area contributed by atoms with Crippen LogP contribution in [0.5, 0.6) is 0 Å². The fraction of sp³-hybridized carbons (Fsp3) is 0.200. The van der Waals surface area contributed by atoms with Crippen LogP contribution in [0.3, 0.4) is 0 Å². The van der Waals surface area contributed by atoms with Gasteiger partial charge in [-0.3, -0.25) is 0 Å². The third-order valence-corrected chi connectivity index (χ3v) is 2.03. The number of amides is 2. The van der Waals surface area contributed by atoms with Crippen molar-refractivity contribution in [3.63, 3.8) is 0 Å². The first-order chi connectivity index (χ1) is 10.8. The third kappa shape index (κ3) is 14.9. The van der Waals surface area contributed by atoms with Gasteiger partial charge in [-0.15, -0.1) is 0 Å². The zero-order chi connectivity index (χ0) is 17.2. The molecule has 0 radical (unpaired) electrons. The van der Waals surface area contributed by atoms with Crippen LogP contribution in [0.1, 0.15) is 27.7 Å². The van der Waals surface area contributed by atoms with E-state index in [2.05, 4.69) is 23.8 Å². The van der Waals surface area contributed by atoms with Gasteiger partial charge in [0, 0.05) is 11.4 Å². The van der Waals surface area contributed by atoms with E-state index in [1.54, 1.807) is 30.4 Å². The van der Waals surface area contributed by atoms with Crippen molar-refractivity contribution in [1.82, 2.24) is 5.32 Å². The zero-order valence-electron chi connectivity index (χ0n) is 15.4. The maximum absolute atomic E-state index is 11.7. The second-order valence-corrected chi connectivity index (χ2v) is 3.39. The first-order valence-corrected chi connectivity index (χ1v) is 7.51. The van der Waals surface area contributed by atoms with Crippen molar-refractivity contribution in [2.24, 2.45) is 0 Å². The molecule has 4 heteroatoms. The number of carbonyl (C=O) groups is 1. The molecule has 0 atom stereocenters. The van der Waals surface area contributed by atoms with E-state index in [-0.39, 0.29) is 13.5 Å². The van der Waals surface area contributed by atoms with Gasteiger partial charge in [0.2, 0.25) is 0 Å². The zero-order valence-corrected chi connectivity index (χ0v) is 18.0. The molecule has 2 amide bonds. The van der Waals surface area contributed by atoms with Crippen molar-refractivity contribution < 1.29 is 4.79 Å². The van der Waals surface area contributed by atoms with Crippen LogP contribution in [0.15, 0.2) is 79.6 Å². The van der Waals surface area contributed by atoms with Crippen LogP contribution >= 0.6 is 0 Å². The molecular formula is C20H31CfN2O-. The molecule has 0 unspecified atom stereocenters. The molecule has 0 saturated carbocycles. The van der Waals surface area contributed by atoms with Gasteiger partial charge < -0.3 is 18.1 Å². The van der Waals surface area contributed by atoms with Gasteiger partial charge in [0.25, 0.3) is 0 Å². The fourth-order valence-electron chi connectivity index (χ4n) is 1.21. The van der Waals surface area contributed by atoms with Crippen LogP contribution in [-0.4, -0.2) is 6.03 Å². The number of hydrogen-bond donors (Lipinski definition) is 2. The van der Waals surface area contributed by atoms with E-state index < -0.39 is 0 Å². The average molecular weight is 566 g/mol. The van der Waals surface area contributed by atoms with E-state index in [0.717, 1.165) is 5.69 Å². The summed E-state index contributed by atoms with van der Waals surface area (Å²) < 4.78 is 0. The summed E-state index contributed by atoms with van der Waals surface area (Å²) >= 11 is 0. The Bertz CT molecular complexity index is 480. The first kappa shape index (κ1) is 28.6. The summed E-state index contributed by atoms with van der Waals surface area (Å²) in [6.45, 7) is 15.2. The number of para-hydroxylation sites is 1. The molecule has 0 spiro atoms. The fourth-order valence-corrected chi connectivity index (χ4v) is 1.21. The molecule has 1 rings (SSSR count). The quantitative estimate of drug-likeness (QED) is 0.327. The number of nitrogens with one attached hydrogen (secondary N) is 2. The number of anilines is 1. The number of carbonyl (C=O) groups excluding carboxylic acids is 1. The Morgan fingerprint density at radius 3 is 2.00 bits per heavy atom. The normalized spacial score (nSPS) is 8.75. The number of allylic oxidation sites excluding steroid dienone is 5. The number of hydrogen-bond acceptors (Lipinski definition) is 1. The summed E-state index contributed by atoms with van der Waals surface area (Å²) in [7, 11) is 0. The minimum absolute atomic E-state index is 0. The van der Waals surface area contributed by atoms with Crippen LogP contribution < -0.4 is 10.6 Å². The van der Waals surface area contributed by atoms with Gasteiger partial charge in [0.05, 0.1) is 0 Å². The van der Waals surface area contributed by atoms with Crippen LogP contribution in [0, 0.1) is 7.43 Å². The van der Waals surface area contributed by atoms with Crippen molar-refractivity contribution in [2.75, 3.05) is 5.32 Å². The molecule has 0 aromatic heterocycles. The summed E-state index contributed by atoms with van der Waals surface area (Å²) in [6.07, 6.45) is 8.49. The third-order valence-electron chi connectivity index (χ3n) is 2.03. The molecule has 24 heavy (non-hydrogen) atoms. The molecule has 3 nitrogen and oxygen atoms in total. The van der Waals surface area contributed by atoms with E-state index in [1.807, 2.05) is 58.0 Å². The van der Waals surface area contributed by atoms with Crippen LogP contribution in [0.25, 0.3) is 0 Å². The molecule has 0 aliphatic heterocycles. The van der Waals surface area contributed by atoms with E-state index in [1.165, 1.54) is 0 Å². The van der Waals surface area contributed by atoms with Crippen molar-refractivity contribution in [1.29, 1.82) is 0 Å². The molecule has 1 aromatic carbocycles. The van der Waals surface area contributed by atoms with Gasteiger partial charge in [0.15, 0.2) is 0 Å². The minimum Gasteiger partial charge on any atom is -0.358 e. The van der Waals surface area contributed by atoms with Gasteiger partial charge in [-0.25, -0.2) is 4.79 Å². The Hall–Kier alpha value is -3.55. The van der Waals surface area contributed by atoms with E-state index in [4.69, 9.17) is 0 Å². The van der Waals surface area contributed by atoms with Crippen molar-refractivity contribution >= 4 is 11.7 Å². The number of benzene rings is 1. The van der Waals surface area contributed by atoms with Crippen molar-refractivity contribution in [3.05, 3.63) is 87.0 Å². The second kappa shape index (κ2) is 21.7. The topological polar surface area (TPSA) is 41.1 Å². The summed E-state index contributed by atoms with van der Waals surface area (Å²) in [6, 6.07) is 8.92. The maximum Gasteiger partial charge on any atom is 0.323 e. The Balaban J connectivity index is -0.000000309. The Morgan fingerprint density at radius 1 is 1.00 bits per heavy atom. The molecule has 0 bridgehead atoms. The minimum atomic E-state index is -0.306. The van der Waals surface area contributed by atoms with Crippen LogP contribution in [0.4, 0.5) is 10.5 Å². The van der Waals surface area contributed by atoms with Gasteiger partial charge in [-0.2, -0.15) is 0 Å². The predicted molar refractivity (Wildman–Crippen MR) is 105 cm³/mol. The van der Waals surface area contributed by atoms with E-state index >= 15 is 0 Å². The van der Waals surface area contributed by atoms with Gasteiger partial charge >= 0.3 is 6.03 Å². The first-order valence-electron chi connectivity index (χ1n) is 7.51. The average Bonchev–Trinajstić information content (AvgIpc) is 2.58. The molecular weight excluding hydrogens is 535 g/mol. The molecule has 0 aliphatic rings. The Kier molecular flexibility index (Phi) is 25.9. The maximum atomic E-state index is 11.7. The monoisotopic (exact) mass is 564 g/mol.